The SMILES string of the molecule is CCNS(=O)(=O)c1ccc(NCC2CC2C)cc1. The van der Waals surface area contributed by atoms with Gasteiger partial charge in [0.05, 0.1) is 4.90 Å². The van der Waals surface area contributed by atoms with Crippen molar-refractivity contribution in [3.8, 4) is 0 Å². The van der Waals surface area contributed by atoms with Crippen LogP contribution in [0.1, 0.15) is 20.3 Å². The van der Waals surface area contributed by atoms with E-state index in [1.807, 2.05) is 12.1 Å². The molecule has 0 aliphatic heterocycles. The van der Waals surface area contributed by atoms with Gasteiger partial charge in [0.25, 0.3) is 0 Å². The minimum atomic E-state index is -3.33. The van der Waals surface area contributed by atoms with Crippen LogP contribution in [0.5, 0.6) is 0 Å². The molecule has 0 bridgehead atoms. The standard InChI is InChI=1S/C13H20N2O2S/c1-3-15-18(16,17)13-6-4-12(5-7-13)14-9-11-8-10(11)2/h4-7,10-11,14-15H,3,8-9H2,1-2H3. The van der Waals surface area contributed by atoms with Crippen LogP contribution < -0.4 is 10.0 Å². The summed E-state index contributed by atoms with van der Waals surface area (Å²) in [7, 11) is -3.33. The summed E-state index contributed by atoms with van der Waals surface area (Å²) in [5.74, 6) is 1.60. The lowest BCUT2D eigenvalue weighted by Crippen LogP contribution is -2.23. The van der Waals surface area contributed by atoms with Crippen molar-refractivity contribution in [2.24, 2.45) is 11.8 Å². The van der Waals surface area contributed by atoms with Crippen molar-refractivity contribution in [1.29, 1.82) is 0 Å². The maximum Gasteiger partial charge on any atom is 0.240 e. The Morgan fingerprint density at radius 1 is 1.28 bits per heavy atom. The van der Waals surface area contributed by atoms with Gasteiger partial charge in [-0.2, -0.15) is 0 Å². The second-order valence-electron chi connectivity index (χ2n) is 4.88. The molecule has 1 aromatic rings. The highest BCUT2D eigenvalue weighted by molar-refractivity contribution is 7.89. The molecule has 1 saturated carbocycles. The maximum atomic E-state index is 11.7. The van der Waals surface area contributed by atoms with Crippen molar-refractivity contribution in [2.45, 2.75) is 25.2 Å². The number of hydrogen-bond acceptors (Lipinski definition) is 3. The average Bonchev–Trinajstić information content (AvgIpc) is 3.03. The molecule has 2 rings (SSSR count). The highest BCUT2D eigenvalue weighted by Crippen LogP contribution is 2.37. The zero-order valence-corrected chi connectivity index (χ0v) is 11.6. The van der Waals surface area contributed by atoms with Crippen LogP contribution in [0.3, 0.4) is 0 Å². The van der Waals surface area contributed by atoms with E-state index in [1.54, 1.807) is 19.1 Å². The van der Waals surface area contributed by atoms with Gasteiger partial charge in [-0.15, -0.1) is 0 Å². The Labute approximate surface area is 109 Å². The molecule has 0 amide bonds. The van der Waals surface area contributed by atoms with Gasteiger partial charge in [-0.25, -0.2) is 13.1 Å². The van der Waals surface area contributed by atoms with E-state index in [0.29, 0.717) is 11.4 Å². The van der Waals surface area contributed by atoms with E-state index >= 15 is 0 Å². The largest absolute Gasteiger partial charge is 0.385 e. The minimum absolute atomic E-state index is 0.315. The first-order chi connectivity index (χ1) is 8.53. The molecule has 0 aromatic heterocycles. The van der Waals surface area contributed by atoms with E-state index in [2.05, 4.69) is 17.0 Å². The quantitative estimate of drug-likeness (QED) is 0.830. The molecule has 2 unspecified atom stereocenters. The fraction of sp³-hybridized carbons (Fsp3) is 0.538. The zero-order valence-electron chi connectivity index (χ0n) is 10.8. The van der Waals surface area contributed by atoms with Gasteiger partial charge in [-0.3, -0.25) is 0 Å². The highest BCUT2D eigenvalue weighted by Gasteiger charge is 2.31. The van der Waals surface area contributed by atoms with Crippen LogP contribution in [0, 0.1) is 11.8 Å². The van der Waals surface area contributed by atoms with Gasteiger partial charge in [-0.05, 0) is 42.5 Å². The molecule has 1 aliphatic carbocycles. The van der Waals surface area contributed by atoms with Crippen LogP contribution in [0.25, 0.3) is 0 Å². The molecular formula is C13H20N2O2S. The van der Waals surface area contributed by atoms with Crippen molar-refractivity contribution in [1.82, 2.24) is 4.72 Å². The van der Waals surface area contributed by atoms with Crippen LogP contribution >= 0.6 is 0 Å². The molecule has 1 fully saturated rings. The Balaban J connectivity index is 1.96. The maximum absolute atomic E-state index is 11.7. The van der Waals surface area contributed by atoms with Gasteiger partial charge in [0.1, 0.15) is 0 Å². The highest BCUT2D eigenvalue weighted by atomic mass is 32.2. The molecule has 5 heteroatoms. The van der Waals surface area contributed by atoms with Crippen LogP contribution in [-0.2, 0) is 10.0 Å². The fourth-order valence-electron chi connectivity index (χ4n) is 1.96. The molecule has 0 saturated heterocycles. The van der Waals surface area contributed by atoms with E-state index in [-0.39, 0.29) is 0 Å². The second-order valence-corrected chi connectivity index (χ2v) is 6.65. The molecule has 2 atom stereocenters. The van der Waals surface area contributed by atoms with Crippen molar-refractivity contribution >= 4 is 15.7 Å². The van der Waals surface area contributed by atoms with Crippen LogP contribution in [0.15, 0.2) is 29.2 Å². The summed E-state index contributed by atoms with van der Waals surface area (Å²) in [5, 5.41) is 3.33. The van der Waals surface area contributed by atoms with Gasteiger partial charge in [-0.1, -0.05) is 13.8 Å². The normalized spacial score (nSPS) is 22.8. The summed E-state index contributed by atoms with van der Waals surface area (Å²) in [4.78, 5) is 0.315. The first kappa shape index (κ1) is 13.4. The molecule has 0 heterocycles. The van der Waals surface area contributed by atoms with Gasteiger partial charge < -0.3 is 5.32 Å². The minimum Gasteiger partial charge on any atom is -0.385 e. The lowest BCUT2D eigenvalue weighted by Gasteiger charge is -2.08. The fourth-order valence-corrected chi connectivity index (χ4v) is 3.00. The summed E-state index contributed by atoms with van der Waals surface area (Å²) in [6.07, 6.45) is 1.29. The van der Waals surface area contributed by atoms with Gasteiger partial charge in [0.15, 0.2) is 0 Å². The number of rotatable bonds is 6. The van der Waals surface area contributed by atoms with E-state index in [4.69, 9.17) is 0 Å². The third-order valence-corrected chi connectivity index (χ3v) is 4.90. The summed E-state index contributed by atoms with van der Waals surface area (Å²) < 4.78 is 25.9. The topological polar surface area (TPSA) is 58.2 Å². The Bertz CT molecular complexity index is 496. The Kier molecular flexibility index (Phi) is 3.92. The molecule has 0 radical (unpaired) electrons. The molecule has 1 aromatic carbocycles. The third kappa shape index (κ3) is 3.23. The molecule has 0 spiro atoms. The van der Waals surface area contributed by atoms with Crippen LogP contribution in [0.4, 0.5) is 5.69 Å². The van der Waals surface area contributed by atoms with E-state index in [0.717, 1.165) is 24.1 Å². The summed E-state index contributed by atoms with van der Waals surface area (Å²) in [5.41, 5.74) is 0.976. The Hall–Kier alpha value is -1.07. The monoisotopic (exact) mass is 268 g/mol. The zero-order chi connectivity index (χ0) is 13.2. The van der Waals surface area contributed by atoms with Crippen molar-refractivity contribution < 1.29 is 8.42 Å². The summed E-state index contributed by atoms with van der Waals surface area (Å²) in [6.45, 7) is 5.39. The van der Waals surface area contributed by atoms with Gasteiger partial charge in [0, 0.05) is 18.8 Å². The van der Waals surface area contributed by atoms with Crippen molar-refractivity contribution in [2.75, 3.05) is 18.4 Å². The molecule has 1 aliphatic rings. The number of hydrogen-bond donors (Lipinski definition) is 2. The molecule has 18 heavy (non-hydrogen) atoms. The van der Waals surface area contributed by atoms with E-state index in [9.17, 15) is 8.42 Å². The first-order valence-corrected chi connectivity index (χ1v) is 7.85. The molecule has 4 nitrogen and oxygen atoms in total. The van der Waals surface area contributed by atoms with Crippen LogP contribution in [-0.4, -0.2) is 21.5 Å². The lowest BCUT2D eigenvalue weighted by atomic mass is 10.3. The Morgan fingerprint density at radius 2 is 1.89 bits per heavy atom. The molecular weight excluding hydrogens is 248 g/mol. The summed E-state index contributed by atoms with van der Waals surface area (Å²) >= 11 is 0. The van der Waals surface area contributed by atoms with E-state index in [1.165, 1.54) is 6.42 Å². The smallest absolute Gasteiger partial charge is 0.240 e. The van der Waals surface area contributed by atoms with Crippen molar-refractivity contribution in [3.63, 3.8) is 0 Å². The predicted molar refractivity (Wildman–Crippen MR) is 73.1 cm³/mol. The lowest BCUT2D eigenvalue weighted by molar-refractivity contribution is 0.584. The van der Waals surface area contributed by atoms with Gasteiger partial charge in [0.2, 0.25) is 10.0 Å². The first-order valence-electron chi connectivity index (χ1n) is 6.36. The molecule has 2 N–H and O–H groups in total. The predicted octanol–water partition coefficient (Wildman–Crippen LogP) is 2.05. The van der Waals surface area contributed by atoms with Gasteiger partial charge >= 0.3 is 0 Å². The number of benzene rings is 1. The Morgan fingerprint density at radius 3 is 2.39 bits per heavy atom. The van der Waals surface area contributed by atoms with Crippen LogP contribution in [0.2, 0.25) is 0 Å². The van der Waals surface area contributed by atoms with Crippen molar-refractivity contribution in [3.05, 3.63) is 24.3 Å². The number of nitrogens with one attached hydrogen (secondary N) is 2. The third-order valence-electron chi connectivity index (χ3n) is 3.34. The second kappa shape index (κ2) is 5.28. The number of sulfonamides is 1. The number of anilines is 1. The molecule has 100 valence electrons. The summed E-state index contributed by atoms with van der Waals surface area (Å²) in [6, 6.07) is 6.90. The average molecular weight is 268 g/mol. The van der Waals surface area contributed by atoms with E-state index < -0.39 is 10.0 Å².